The summed E-state index contributed by atoms with van der Waals surface area (Å²) >= 11 is 0. The Morgan fingerprint density at radius 1 is 1.00 bits per heavy atom. The standard InChI is InChI=1S/C24H31N3O2/c1-19-6-5-15-27(17-19)18-21-11-9-20(10-12-21)16-26-23(28)13-14-25-24(29)22-7-3-2-4-8-22/h2-4,7-12,19H,5-6,13-18H2,1H3,(H,25,29)(H,26,28). The minimum absolute atomic E-state index is 0.0651. The lowest BCUT2D eigenvalue weighted by atomic mass is 9.99. The second-order valence-corrected chi connectivity index (χ2v) is 7.95. The maximum atomic E-state index is 12.0. The maximum absolute atomic E-state index is 12.0. The van der Waals surface area contributed by atoms with Crippen LogP contribution in [0.1, 0.15) is 47.7 Å². The molecule has 1 fully saturated rings. The lowest BCUT2D eigenvalue weighted by Gasteiger charge is -2.30. The highest BCUT2D eigenvalue weighted by molar-refractivity contribution is 5.94. The van der Waals surface area contributed by atoms with Crippen LogP contribution < -0.4 is 10.6 Å². The zero-order chi connectivity index (χ0) is 20.5. The molecule has 29 heavy (non-hydrogen) atoms. The molecule has 1 aliphatic rings. The monoisotopic (exact) mass is 393 g/mol. The number of benzene rings is 2. The highest BCUT2D eigenvalue weighted by atomic mass is 16.2. The molecule has 2 amide bonds. The second-order valence-electron chi connectivity index (χ2n) is 7.95. The zero-order valence-electron chi connectivity index (χ0n) is 17.2. The Hall–Kier alpha value is -2.66. The van der Waals surface area contributed by atoms with Crippen molar-refractivity contribution in [1.82, 2.24) is 15.5 Å². The number of hydrogen-bond acceptors (Lipinski definition) is 3. The lowest BCUT2D eigenvalue weighted by molar-refractivity contribution is -0.121. The quantitative estimate of drug-likeness (QED) is 0.723. The Kier molecular flexibility index (Phi) is 7.82. The van der Waals surface area contributed by atoms with E-state index in [-0.39, 0.29) is 18.2 Å². The number of carbonyl (C=O) groups is 2. The number of hydrogen-bond donors (Lipinski definition) is 2. The van der Waals surface area contributed by atoms with E-state index in [1.54, 1.807) is 12.1 Å². The van der Waals surface area contributed by atoms with Crippen LogP contribution in [0, 0.1) is 5.92 Å². The highest BCUT2D eigenvalue weighted by Crippen LogP contribution is 2.18. The summed E-state index contributed by atoms with van der Waals surface area (Å²) in [6.07, 6.45) is 2.89. The van der Waals surface area contributed by atoms with Crippen LogP contribution in [0.3, 0.4) is 0 Å². The fraction of sp³-hybridized carbons (Fsp3) is 0.417. The second kappa shape index (κ2) is 10.8. The molecule has 1 atom stereocenters. The van der Waals surface area contributed by atoms with Crippen molar-refractivity contribution < 1.29 is 9.59 Å². The van der Waals surface area contributed by atoms with E-state index in [0.29, 0.717) is 18.7 Å². The van der Waals surface area contributed by atoms with Crippen molar-refractivity contribution in [3.05, 3.63) is 71.3 Å². The topological polar surface area (TPSA) is 61.4 Å². The third-order valence-corrected chi connectivity index (χ3v) is 5.33. The van der Waals surface area contributed by atoms with Gasteiger partial charge in [-0.15, -0.1) is 0 Å². The van der Waals surface area contributed by atoms with Gasteiger partial charge >= 0.3 is 0 Å². The normalized spacial score (nSPS) is 16.9. The van der Waals surface area contributed by atoms with Crippen LogP contribution >= 0.6 is 0 Å². The molecule has 5 nitrogen and oxygen atoms in total. The molecule has 0 spiro atoms. The first-order chi connectivity index (χ1) is 14.1. The first-order valence-corrected chi connectivity index (χ1v) is 10.5. The van der Waals surface area contributed by atoms with Gasteiger partial charge in [0.2, 0.25) is 5.91 Å². The van der Waals surface area contributed by atoms with Gasteiger partial charge < -0.3 is 10.6 Å². The Balaban J connectivity index is 1.35. The molecular weight excluding hydrogens is 362 g/mol. The van der Waals surface area contributed by atoms with E-state index < -0.39 is 0 Å². The molecule has 1 aliphatic heterocycles. The SMILES string of the molecule is CC1CCCN(Cc2ccc(CNC(=O)CCNC(=O)c3ccccc3)cc2)C1. The molecule has 0 aromatic heterocycles. The van der Waals surface area contributed by atoms with Gasteiger partial charge in [0.05, 0.1) is 0 Å². The average molecular weight is 394 g/mol. The van der Waals surface area contributed by atoms with Crippen molar-refractivity contribution in [2.24, 2.45) is 5.92 Å². The van der Waals surface area contributed by atoms with Crippen molar-refractivity contribution in [2.75, 3.05) is 19.6 Å². The fourth-order valence-electron chi connectivity index (χ4n) is 3.72. The first kappa shape index (κ1) is 21.1. The van der Waals surface area contributed by atoms with E-state index in [1.807, 2.05) is 18.2 Å². The number of rotatable bonds is 8. The van der Waals surface area contributed by atoms with Crippen molar-refractivity contribution >= 4 is 11.8 Å². The summed E-state index contributed by atoms with van der Waals surface area (Å²) in [5, 5.41) is 5.69. The molecule has 0 radical (unpaired) electrons. The number of likely N-dealkylation sites (tertiary alicyclic amines) is 1. The Bertz CT molecular complexity index is 790. The molecule has 0 saturated carbocycles. The highest BCUT2D eigenvalue weighted by Gasteiger charge is 2.16. The number of piperidine rings is 1. The fourth-order valence-corrected chi connectivity index (χ4v) is 3.72. The Morgan fingerprint density at radius 2 is 1.72 bits per heavy atom. The van der Waals surface area contributed by atoms with Gasteiger partial charge in [0, 0.05) is 38.2 Å². The molecule has 154 valence electrons. The smallest absolute Gasteiger partial charge is 0.251 e. The molecule has 1 heterocycles. The van der Waals surface area contributed by atoms with Crippen molar-refractivity contribution in [2.45, 2.75) is 39.3 Å². The van der Waals surface area contributed by atoms with Gasteiger partial charge in [-0.1, -0.05) is 49.4 Å². The lowest BCUT2D eigenvalue weighted by Crippen LogP contribution is -2.33. The summed E-state index contributed by atoms with van der Waals surface area (Å²) in [6.45, 7) is 6.52. The number of nitrogens with zero attached hydrogens (tertiary/aromatic N) is 1. The first-order valence-electron chi connectivity index (χ1n) is 10.5. The van der Waals surface area contributed by atoms with Gasteiger partial charge in [-0.05, 0) is 48.6 Å². The van der Waals surface area contributed by atoms with Crippen LogP contribution in [-0.2, 0) is 17.9 Å². The average Bonchev–Trinajstić information content (AvgIpc) is 2.74. The Labute approximate surface area is 173 Å². The molecule has 0 aliphatic carbocycles. The van der Waals surface area contributed by atoms with Gasteiger partial charge in [-0.25, -0.2) is 0 Å². The molecule has 1 unspecified atom stereocenters. The summed E-state index contributed by atoms with van der Waals surface area (Å²) in [7, 11) is 0. The molecular formula is C24H31N3O2. The molecule has 2 aromatic carbocycles. The van der Waals surface area contributed by atoms with Crippen LogP contribution in [-0.4, -0.2) is 36.3 Å². The summed E-state index contributed by atoms with van der Waals surface area (Å²) in [6, 6.07) is 17.5. The van der Waals surface area contributed by atoms with E-state index in [1.165, 1.54) is 31.5 Å². The van der Waals surface area contributed by atoms with Gasteiger partial charge in [0.15, 0.2) is 0 Å². The molecule has 5 heteroatoms. The largest absolute Gasteiger partial charge is 0.352 e. The third kappa shape index (κ3) is 7.02. The van der Waals surface area contributed by atoms with Crippen LogP contribution in [0.15, 0.2) is 54.6 Å². The molecule has 0 bridgehead atoms. The number of amides is 2. The summed E-state index contributed by atoms with van der Waals surface area (Å²) in [5.41, 5.74) is 3.01. The van der Waals surface area contributed by atoms with Crippen LogP contribution in [0.25, 0.3) is 0 Å². The summed E-state index contributed by atoms with van der Waals surface area (Å²) < 4.78 is 0. The zero-order valence-corrected chi connectivity index (χ0v) is 17.2. The molecule has 2 aromatic rings. The number of nitrogens with one attached hydrogen (secondary N) is 2. The van der Waals surface area contributed by atoms with Crippen LogP contribution in [0.2, 0.25) is 0 Å². The molecule has 1 saturated heterocycles. The third-order valence-electron chi connectivity index (χ3n) is 5.33. The van der Waals surface area contributed by atoms with Gasteiger partial charge in [0.25, 0.3) is 5.91 Å². The van der Waals surface area contributed by atoms with E-state index >= 15 is 0 Å². The van der Waals surface area contributed by atoms with Crippen LogP contribution in [0.4, 0.5) is 0 Å². The summed E-state index contributed by atoms with van der Waals surface area (Å²) in [5.74, 6) is 0.567. The Morgan fingerprint density at radius 3 is 2.45 bits per heavy atom. The van der Waals surface area contributed by atoms with E-state index in [2.05, 4.69) is 46.7 Å². The predicted octanol–water partition coefficient (Wildman–Crippen LogP) is 3.35. The predicted molar refractivity (Wildman–Crippen MR) is 115 cm³/mol. The van der Waals surface area contributed by atoms with Crippen molar-refractivity contribution in [3.63, 3.8) is 0 Å². The minimum atomic E-state index is -0.155. The minimum Gasteiger partial charge on any atom is -0.352 e. The number of carbonyl (C=O) groups excluding carboxylic acids is 2. The van der Waals surface area contributed by atoms with E-state index in [0.717, 1.165) is 18.0 Å². The maximum Gasteiger partial charge on any atom is 0.251 e. The molecule has 2 N–H and O–H groups in total. The van der Waals surface area contributed by atoms with Gasteiger partial charge in [0.1, 0.15) is 0 Å². The van der Waals surface area contributed by atoms with Crippen LogP contribution in [0.5, 0.6) is 0 Å². The molecule has 3 rings (SSSR count). The van der Waals surface area contributed by atoms with E-state index in [4.69, 9.17) is 0 Å². The van der Waals surface area contributed by atoms with Crippen molar-refractivity contribution in [3.8, 4) is 0 Å². The van der Waals surface area contributed by atoms with Gasteiger partial charge in [-0.3, -0.25) is 14.5 Å². The summed E-state index contributed by atoms with van der Waals surface area (Å²) in [4.78, 5) is 26.5. The van der Waals surface area contributed by atoms with Crippen molar-refractivity contribution in [1.29, 1.82) is 0 Å². The van der Waals surface area contributed by atoms with E-state index in [9.17, 15) is 9.59 Å². The van der Waals surface area contributed by atoms with Gasteiger partial charge in [-0.2, -0.15) is 0 Å².